The molecule has 0 radical (unpaired) electrons. The Kier molecular flexibility index (Phi) is 3.00. The van der Waals surface area contributed by atoms with Gasteiger partial charge in [0, 0.05) is 4.90 Å². The number of thioether (sulfide) groups is 1. The van der Waals surface area contributed by atoms with E-state index >= 15 is 0 Å². The van der Waals surface area contributed by atoms with E-state index in [2.05, 4.69) is 0 Å². The van der Waals surface area contributed by atoms with Crippen molar-refractivity contribution in [3.63, 3.8) is 0 Å². The number of nitrogens with two attached hydrogens (primary N) is 1. The Morgan fingerprint density at radius 1 is 1.38 bits per heavy atom. The molecule has 0 aliphatic heterocycles. The van der Waals surface area contributed by atoms with Gasteiger partial charge in [-0.25, -0.2) is 13.6 Å². The highest BCUT2D eigenvalue weighted by atomic mass is 32.2. The average Bonchev–Trinajstić information content (AvgIpc) is 2.02. The zero-order valence-corrected chi connectivity index (χ0v) is 9.08. The van der Waals surface area contributed by atoms with Crippen LogP contribution in [0.15, 0.2) is 28.0 Å². The van der Waals surface area contributed by atoms with Gasteiger partial charge in [0.05, 0.1) is 4.90 Å². The van der Waals surface area contributed by atoms with Crippen LogP contribution in [0.25, 0.3) is 0 Å². The molecule has 0 amide bonds. The van der Waals surface area contributed by atoms with E-state index in [1.54, 1.807) is 23.9 Å². The Labute approximate surface area is 82.4 Å². The second-order valence-electron chi connectivity index (χ2n) is 2.68. The van der Waals surface area contributed by atoms with Gasteiger partial charge >= 0.3 is 0 Å². The third-order valence-corrected chi connectivity index (χ3v) is 3.50. The van der Waals surface area contributed by atoms with Crippen molar-refractivity contribution < 1.29 is 8.42 Å². The Morgan fingerprint density at radius 2 is 2.00 bits per heavy atom. The van der Waals surface area contributed by atoms with Crippen molar-refractivity contribution in [1.82, 2.24) is 0 Å². The van der Waals surface area contributed by atoms with Crippen molar-refractivity contribution in [3.8, 4) is 0 Å². The molecule has 0 fully saturated rings. The van der Waals surface area contributed by atoms with Gasteiger partial charge in [0.1, 0.15) is 0 Å². The number of hydrogen-bond donors (Lipinski definition) is 1. The lowest BCUT2D eigenvalue weighted by atomic mass is 10.2. The molecule has 0 aliphatic carbocycles. The van der Waals surface area contributed by atoms with E-state index < -0.39 is 10.0 Å². The zero-order chi connectivity index (χ0) is 10.1. The molecule has 0 heterocycles. The van der Waals surface area contributed by atoms with Crippen molar-refractivity contribution >= 4 is 21.8 Å². The van der Waals surface area contributed by atoms with Crippen molar-refractivity contribution in [2.75, 3.05) is 6.26 Å². The molecule has 0 aliphatic rings. The number of aryl methyl sites for hydroxylation is 1. The summed E-state index contributed by atoms with van der Waals surface area (Å²) >= 11 is 1.58. The van der Waals surface area contributed by atoms with E-state index in [1.807, 2.05) is 13.2 Å². The molecule has 1 rings (SSSR count). The third-order valence-electron chi connectivity index (χ3n) is 1.69. The van der Waals surface area contributed by atoms with Gasteiger partial charge in [-0.1, -0.05) is 0 Å². The Morgan fingerprint density at radius 3 is 2.38 bits per heavy atom. The van der Waals surface area contributed by atoms with Crippen LogP contribution in [0.3, 0.4) is 0 Å². The van der Waals surface area contributed by atoms with Gasteiger partial charge in [-0.15, -0.1) is 11.8 Å². The highest BCUT2D eigenvalue weighted by Crippen LogP contribution is 2.21. The smallest absolute Gasteiger partial charge is 0.225 e. The van der Waals surface area contributed by atoms with Crippen molar-refractivity contribution in [1.29, 1.82) is 0 Å². The number of rotatable bonds is 2. The lowest BCUT2D eigenvalue weighted by Crippen LogP contribution is -2.12. The molecular formula is C8H11NO2S2. The van der Waals surface area contributed by atoms with Crippen LogP contribution in [-0.4, -0.2) is 14.7 Å². The number of primary sulfonamides is 1. The van der Waals surface area contributed by atoms with Gasteiger partial charge in [-0.3, -0.25) is 0 Å². The summed E-state index contributed by atoms with van der Waals surface area (Å²) in [5.41, 5.74) is 0.930. The lowest BCUT2D eigenvalue weighted by Gasteiger charge is -2.03. The normalized spacial score (nSPS) is 11.6. The predicted molar refractivity (Wildman–Crippen MR) is 54.3 cm³/mol. The molecule has 0 unspecified atom stereocenters. The quantitative estimate of drug-likeness (QED) is 0.761. The van der Waals surface area contributed by atoms with E-state index in [0.717, 1.165) is 10.5 Å². The van der Waals surface area contributed by atoms with Crippen LogP contribution < -0.4 is 5.14 Å². The van der Waals surface area contributed by atoms with Crippen LogP contribution in [0, 0.1) is 6.92 Å². The van der Waals surface area contributed by atoms with Crippen molar-refractivity contribution in [2.45, 2.75) is 16.7 Å². The maximum absolute atomic E-state index is 11.0. The largest absolute Gasteiger partial charge is 0.238 e. The molecule has 0 bridgehead atoms. The van der Waals surface area contributed by atoms with Gasteiger partial charge in [0.25, 0.3) is 0 Å². The van der Waals surface area contributed by atoms with Gasteiger partial charge in [0.15, 0.2) is 0 Å². The second-order valence-corrected chi connectivity index (χ2v) is 5.09. The van der Waals surface area contributed by atoms with E-state index in [-0.39, 0.29) is 4.90 Å². The molecule has 1 aromatic rings. The second kappa shape index (κ2) is 3.69. The summed E-state index contributed by atoms with van der Waals surface area (Å²) < 4.78 is 21.9. The third kappa shape index (κ3) is 2.46. The minimum atomic E-state index is -3.56. The lowest BCUT2D eigenvalue weighted by molar-refractivity contribution is 0.597. The van der Waals surface area contributed by atoms with Crippen LogP contribution in [0.5, 0.6) is 0 Å². The Balaban J connectivity index is 3.26. The van der Waals surface area contributed by atoms with Crippen molar-refractivity contribution in [3.05, 3.63) is 23.8 Å². The first-order valence-electron chi connectivity index (χ1n) is 3.62. The molecule has 1 aromatic carbocycles. The molecule has 13 heavy (non-hydrogen) atoms. The molecule has 0 saturated carbocycles. The maximum Gasteiger partial charge on any atom is 0.238 e. The molecule has 0 spiro atoms. The first-order chi connectivity index (χ1) is 5.95. The fraction of sp³-hybridized carbons (Fsp3) is 0.250. The molecule has 0 aromatic heterocycles. The average molecular weight is 217 g/mol. The molecule has 5 heteroatoms. The highest BCUT2D eigenvalue weighted by Gasteiger charge is 2.08. The summed E-state index contributed by atoms with van der Waals surface area (Å²) in [5.74, 6) is 0. The molecule has 0 saturated heterocycles. The van der Waals surface area contributed by atoms with Gasteiger partial charge in [-0.2, -0.15) is 0 Å². The van der Waals surface area contributed by atoms with Crippen LogP contribution in [0.1, 0.15) is 5.56 Å². The Hall–Kier alpha value is -0.520. The maximum atomic E-state index is 11.0. The number of sulfonamides is 1. The van der Waals surface area contributed by atoms with E-state index in [1.165, 1.54) is 6.07 Å². The minimum absolute atomic E-state index is 0.169. The van der Waals surface area contributed by atoms with Crippen molar-refractivity contribution in [2.24, 2.45) is 5.14 Å². The summed E-state index contributed by atoms with van der Waals surface area (Å²) in [6.45, 7) is 1.86. The van der Waals surface area contributed by atoms with E-state index in [9.17, 15) is 8.42 Å². The zero-order valence-electron chi connectivity index (χ0n) is 7.44. The van der Waals surface area contributed by atoms with Gasteiger partial charge in [-0.05, 0) is 36.9 Å². The molecular weight excluding hydrogens is 206 g/mol. The highest BCUT2D eigenvalue weighted by molar-refractivity contribution is 7.98. The summed E-state index contributed by atoms with van der Waals surface area (Å²) in [5, 5.41) is 4.98. The van der Waals surface area contributed by atoms with Crippen LogP contribution in [0.2, 0.25) is 0 Å². The van der Waals surface area contributed by atoms with Crippen LogP contribution >= 0.6 is 11.8 Å². The summed E-state index contributed by atoms with van der Waals surface area (Å²) in [6.07, 6.45) is 1.94. The first kappa shape index (κ1) is 10.6. The summed E-state index contributed by atoms with van der Waals surface area (Å²) in [6, 6.07) is 4.87. The molecule has 72 valence electrons. The SMILES string of the molecule is CSc1ccc(S(N)(=O)=O)cc1C. The standard InChI is InChI=1S/C8H11NO2S2/c1-6-5-7(13(9,10)11)3-4-8(6)12-2/h3-5H,1-2H3,(H2,9,10,11). The van der Waals surface area contributed by atoms with Crippen LogP contribution in [-0.2, 0) is 10.0 Å². The van der Waals surface area contributed by atoms with Crippen LogP contribution in [0.4, 0.5) is 0 Å². The number of hydrogen-bond acceptors (Lipinski definition) is 3. The topological polar surface area (TPSA) is 60.2 Å². The Bertz CT molecular complexity index is 412. The summed E-state index contributed by atoms with van der Waals surface area (Å²) in [7, 11) is -3.56. The van der Waals surface area contributed by atoms with Gasteiger partial charge < -0.3 is 0 Å². The molecule has 0 atom stereocenters. The number of benzene rings is 1. The van der Waals surface area contributed by atoms with E-state index in [4.69, 9.17) is 5.14 Å². The molecule has 3 nitrogen and oxygen atoms in total. The first-order valence-corrected chi connectivity index (χ1v) is 6.39. The fourth-order valence-corrected chi connectivity index (χ4v) is 2.21. The molecule has 2 N–H and O–H groups in total. The monoisotopic (exact) mass is 217 g/mol. The summed E-state index contributed by atoms with van der Waals surface area (Å²) in [4.78, 5) is 1.23. The van der Waals surface area contributed by atoms with Gasteiger partial charge in [0.2, 0.25) is 10.0 Å². The minimum Gasteiger partial charge on any atom is -0.225 e. The predicted octanol–water partition coefficient (Wildman–Crippen LogP) is 1.36. The fourth-order valence-electron chi connectivity index (χ4n) is 1.03. The van der Waals surface area contributed by atoms with E-state index in [0.29, 0.717) is 0 Å².